The molecule has 2 heterocycles. The van der Waals surface area contributed by atoms with Crippen molar-refractivity contribution in [3.8, 4) is 17.0 Å². The molecule has 2 atom stereocenters. The average Bonchev–Trinajstić information content (AvgIpc) is 2.98. The van der Waals surface area contributed by atoms with E-state index < -0.39 is 0 Å². The first-order valence-electron chi connectivity index (χ1n) is 11.1. The summed E-state index contributed by atoms with van der Waals surface area (Å²) in [5.74, 6) is 2.81. The van der Waals surface area contributed by atoms with E-state index in [2.05, 4.69) is 32.2 Å². The molecule has 30 heavy (non-hydrogen) atoms. The van der Waals surface area contributed by atoms with Gasteiger partial charge in [-0.1, -0.05) is 19.1 Å². The van der Waals surface area contributed by atoms with E-state index in [4.69, 9.17) is 5.73 Å². The van der Waals surface area contributed by atoms with E-state index in [1.807, 2.05) is 31.3 Å². The molecule has 162 valence electrons. The van der Waals surface area contributed by atoms with Crippen molar-refractivity contribution in [1.82, 2.24) is 20.4 Å². The molecule has 1 saturated heterocycles. The predicted molar refractivity (Wildman–Crippen MR) is 122 cm³/mol. The van der Waals surface area contributed by atoms with E-state index >= 15 is 0 Å². The van der Waals surface area contributed by atoms with Gasteiger partial charge in [0.25, 0.3) is 0 Å². The zero-order valence-electron chi connectivity index (χ0n) is 18.1. The third-order valence-corrected chi connectivity index (χ3v) is 6.95. The Kier molecular flexibility index (Phi) is 6.39. The standard InChI is InChI=1S/C23H34N6O/c1-3-28(11-10-25-2)15-19-16-8-9-17(19)14-29(13-16)21-12-20(26-27-23(21)24)18-6-4-5-7-22(18)30/h4-7,12,16-17,19,25,30H,3,8-11,13-15H2,1-2H3,(H2,24,27). The maximum atomic E-state index is 10.2. The predicted octanol–water partition coefficient (Wildman–Crippen LogP) is 2.44. The van der Waals surface area contributed by atoms with Crippen molar-refractivity contribution in [2.24, 2.45) is 17.8 Å². The van der Waals surface area contributed by atoms with Crippen LogP contribution in [0.15, 0.2) is 30.3 Å². The van der Waals surface area contributed by atoms with Crippen LogP contribution < -0.4 is 16.0 Å². The summed E-state index contributed by atoms with van der Waals surface area (Å²) in [7, 11) is 2.02. The number of nitrogens with zero attached hydrogens (tertiary/aromatic N) is 4. The number of anilines is 2. The molecule has 1 aliphatic heterocycles. The lowest BCUT2D eigenvalue weighted by Gasteiger charge is -2.41. The maximum Gasteiger partial charge on any atom is 0.169 e. The van der Waals surface area contributed by atoms with E-state index in [1.54, 1.807) is 6.07 Å². The number of fused-ring (bicyclic) bond motifs is 2. The Morgan fingerprint density at radius 3 is 2.60 bits per heavy atom. The van der Waals surface area contributed by atoms with Crippen LogP contribution in [0.1, 0.15) is 19.8 Å². The van der Waals surface area contributed by atoms with Crippen molar-refractivity contribution < 1.29 is 5.11 Å². The number of phenolic OH excluding ortho intramolecular Hbond substituents is 1. The fourth-order valence-electron chi connectivity index (χ4n) is 5.24. The molecule has 2 fully saturated rings. The van der Waals surface area contributed by atoms with E-state index in [9.17, 15) is 5.11 Å². The lowest BCUT2D eigenvalue weighted by molar-refractivity contribution is 0.169. The molecule has 0 spiro atoms. The maximum absolute atomic E-state index is 10.2. The Bertz CT molecular complexity index is 845. The summed E-state index contributed by atoms with van der Waals surface area (Å²) in [4.78, 5) is 4.98. The molecule has 7 heteroatoms. The fourth-order valence-corrected chi connectivity index (χ4v) is 5.24. The number of benzene rings is 1. The van der Waals surface area contributed by atoms with Gasteiger partial charge in [-0.2, -0.15) is 0 Å². The quantitative estimate of drug-likeness (QED) is 0.616. The molecule has 2 bridgehead atoms. The number of nitrogens with two attached hydrogens (primary N) is 1. The molecular weight excluding hydrogens is 376 g/mol. The van der Waals surface area contributed by atoms with Crippen molar-refractivity contribution in [2.45, 2.75) is 19.8 Å². The van der Waals surface area contributed by atoms with Crippen LogP contribution in [0.4, 0.5) is 11.5 Å². The van der Waals surface area contributed by atoms with Gasteiger partial charge < -0.3 is 26.0 Å². The van der Waals surface area contributed by atoms with Gasteiger partial charge in [0.15, 0.2) is 5.82 Å². The van der Waals surface area contributed by atoms with Crippen LogP contribution in [0.3, 0.4) is 0 Å². The number of piperidine rings is 1. The topological polar surface area (TPSA) is 90.5 Å². The first kappa shape index (κ1) is 20.9. The normalized spacial score (nSPS) is 23.3. The summed E-state index contributed by atoms with van der Waals surface area (Å²) < 4.78 is 0. The van der Waals surface area contributed by atoms with E-state index in [-0.39, 0.29) is 5.75 Å². The van der Waals surface area contributed by atoms with Gasteiger partial charge in [0, 0.05) is 38.3 Å². The molecule has 2 unspecified atom stereocenters. The zero-order chi connectivity index (χ0) is 21.1. The van der Waals surface area contributed by atoms with E-state index in [0.717, 1.165) is 44.3 Å². The second-order valence-corrected chi connectivity index (χ2v) is 8.68. The lowest BCUT2D eigenvalue weighted by Crippen LogP contribution is -2.47. The molecule has 1 aromatic heterocycles. The van der Waals surface area contributed by atoms with Crippen LogP contribution in [-0.2, 0) is 0 Å². The summed E-state index contributed by atoms with van der Waals surface area (Å²) in [6.45, 7) is 8.73. The van der Waals surface area contributed by atoms with Crippen molar-refractivity contribution in [3.63, 3.8) is 0 Å². The van der Waals surface area contributed by atoms with Crippen molar-refractivity contribution >= 4 is 11.5 Å². The van der Waals surface area contributed by atoms with Crippen LogP contribution in [0.25, 0.3) is 11.3 Å². The monoisotopic (exact) mass is 410 g/mol. The Hall–Kier alpha value is -2.38. The SMILES string of the molecule is CCN(CCNC)CC1C2CCC1CN(c1cc(-c3ccccc3O)nnc1N)C2. The van der Waals surface area contributed by atoms with Gasteiger partial charge in [0.1, 0.15) is 5.75 Å². The van der Waals surface area contributed by atoms with Crippen molar-refractivity contribution in [3.05, 3.63) is 30.3 Å². The minimum Gasteiger partial charge on any atom is -0.507 e. The van der Waals surface area contributed by atoms with Gasteiger partial charge in [-0.15, -0.1) is 10.2 Å². The van der Waals surface area contributed by atoms with Crippen LogP contribution in [-0.4, -0.2) is 66.5 Å². The minimum absolute atomic E-state index is 0.211. The summed E-state index contributed by atoms with van der Waals surface area (Å²) in [5, 5.41) is 21.9. The molecule has 0 amide bonds. The van der Waals surface area contributed by atoms with Gasteiger partial charge in [-0.25, -0.2) is 0 Å². The molecule has 1 aromatic carbocycles. The van der Waals surface area contributed by atoms with Gasteiger partial charge in [0.05, 0.1) is 11.4 Å². The van der Waals surface area contributed by atoms with Gasteiger partial charge in [-0.3, -0.25) is 0 Å². The van der Waals surface area contributed by atoms with Crippen molar-refractivity contribution in [1.29, 1.82) is 0 Å². The highest BCUT2D eigenvalue weighted by Gasteiger charge is 2.42. The molecule has 0 radical (unpaired) electrons. The molecule has 4 N–H and O–H groups in total. The number of nitrogen functional groups attached to an aromatic ring is 1. The van der Waals surface area contributed by atoms with E-state index in [0.29, 0.717) is 28.9 Å². The van der Waals surface area contributed by atoms with E-state index in [1.165, 1.54) is 19.4 Å². The second kappa shape index (κ2) is 9.18. The molecule has 4 rings (SSSR count). The zero-order valence-corrected chi connectivity index (χ0v) is 18.1. The minimum atomic E-state index is 0.211. The Morgan fingerprint density at radius 1 is 1.20 bits per heavy atom. The highest BCUT2D eigenvalue weighted by atomic mass is 16.3. The molecule has 2 aliphatic rings. The third kappa shape index (κ3) is 4.23. The van der Waals surface area contributed by atoms with Gasteiger partial charge in [0.2, 0.25) is 0 Å². The first-order chi connectivity index (χ1) is 14.6. The summed E-state index contributed by atoms with van der Waals surface area (Å²) in [6.07, 6.45) is 2.58. The summed E-state index contributed by atoms with van der Waals surface area (Å²) in [6, 6.07) is 9.23. The van der Waals surface area contributed by atoms with Crippen LogP contribution in [0, 0.1) is 17.8 Å². The number of phenols is 1. The van der Waals surface area contributed by atoms with Gasteiger partial charge >= 0.3 is 0 Å². The van der Waals surface area contributed by atoms with Crippen LogP contribution in [0.5, 0.6) is 5.75 Å². The lowest BCUT2D eigenvalue weighted by atomic mass is 9.84. The fraction of sp³-hybridized carbons (Fsp3) is 0.565. The number of aromatic hydroxyl groups is 1. The molecular formula is C23H34N6O. The summed E-state index contributed by atoms with van der Waals surface area (Å²) in [5.41, 5.74) is 8.54. The molecule has 7 nitrogen and oxygen atoms in total. The Morgan fingerprint density at radius 2 is 1.93 bits per heavy atom. The number of rotatable bonds is 8. The number of hydrogen-bond donors (Lipinski definition) is 3. The second-order valence-electron chi connectivity index (χ2n) is 8.68. The average molecular weight is 411 g/mol. The molecule has 1 aliphatic carbocycles. The van der Waals surface area contributed by atoms with Crippen molar-refractivity contribution in [2.75, 3.05) is 56.9 Å². The molecule has 2 aromatic rings. The highest BCUT2D eigenvalue weighted by Crippen LogP contribution is 2.44. The highest BCUT2D eigenvalue weighted by molar-refractivity contribution is 5.74. The number of para-hydroxylation sites is 1. The van der Waals surface area contributed by atoms with Crippen LogP contribution >= 0.6 is 0 Å². The van der Waals surface area contributed by atoms with Crippen LogP contribution in [0.2, 0.25) is 0 Å². The molecule has 1 saturated carbocycles. The van der Waals surface area contributed by atoms with Gasteiger partial charge in [-0.05, 0) is 62.4 Å². The number of likely N-dealkylation sites (N-methyl/N-ethyl adjacent to an activating group) is 2. The number of aromatic nitrogens is 2. The number of hydrogen-bond acceptors (Lipinski definition) is 7. The Balaban J connectivity index is 1.51. The smallest absolute Gasteiger partial charge is 0.169 e. The largest absolute Gasteiger partial charge is 0.507 e. The summed E-state index contributed by atoms with van der Waals surface area (Å²) >= 11 is 0. The first-order valence-corrected chi connectivity index (χ1v) is 11.1. The Labute approximate surface area is 179 Å². The number of nitrogens with one attached hydrogen (secondary N) is 1. The third-order valence-electron chi connectivity index (χ3n) is 6.95.